The normalized spacial score (nSPS) is 20.6. The van der Waals surface area contributed by atoms with Crippen LogP contribution in [0.2, 0.25) is 0 Å². The number of rotatable bonds is 2. The van der Waals surface area contributed by atoms with E-state index in [-0.39, 0.29) is 29.4 Å². The summed E-state index contributed by atoms with van der Waals surface area (Å²) in [5.41, 5.74) is -0.940. The number of fused-ring (bicyclic) bond motifs is 1. The minimum absolute atomic E-state index is 0.0624. The number of carbonyl (C=O) groups excluding carboxylic acids is 1. The molecule has 1 aliphatic rings. The zero-order valence-corrected chi connectivity index (χ0v) is 14.8. The van der Waals surface area contributed by atoms with E-state index in [1.807, 2.05) is 0 Å². The van der Waals surface area contributed by atoms with Gasteiger partial charge in [0.1, 0.15) is 5.65 Å². The van der Waals surface area contributed by atoms with Gasteiger partial charge in [-0.1, -0.05) is 6.42 Å². The van der Waals surface area contributed by atoms with Crippen LogP contribution < -0.4 is 16.6 Å². The molecule has 2 atom stereocenters. The summed E-state index contributed by atoms with van der Waals surface area (Å²) >= 11 is 0. The van der Waals surface area contributed by atoms with E-state index in [0.717, 1.165) is 4.57 Å². The average molecular weight is 384 g/mol. The van der Waals surface area contributed by atoms with Crippen LogP contribution in [0.25, 0.3) is 11.0 Å². The summed E-state index contributed by atoms with van der Waals surface area (Å²) in [6, 6.07) is 0.722. The monoisotopic (exact) mass is 384 g/mol. The van der Waals surface area contributed by atoms with Gasteiger partial charge in [-0.15, -0.1) is 0 Å². The standard InChI is InChI=1S/C17H19F3N4O3/c1-23-13-12(15(26)24(2)16(23)27)6-9(8-21-13)14(25)22-11-5-3-4-10(7-11)17(18,19)20/h6,8,10-11H,3-5,7H2,1-2H3,(H,22,25)/t10-,11-/m1/s1. The van der Waals surface area contributed by atoms with Gasteiger partial charge in [0.15, 0.2) is 0 Å². The molecular formula is C17H19F3N4O3. The molecule has 10 heteroatoms. The number of carbonyl (C=O) groups is 1. The lowest BCUT2D eigenvalue weighted by molar-refractivity contribution is -0.183. The molecule has 0 aliphatic heterocycles. The number of nitrogens with one attached hydrogen (secondary N) is 1. The highest BCUT2D eigenvalue weighted by molar-refractivity contribution is 5.96. The van der Waals surface area contributed by atoms with E-state index in [1.54, 1.807) is 0 Å². The third kappa shape index (κ3) is 3.60. The molecule has 2 heterocycles. The van der Waals surface area contributed by atoms with E-state index in [4.69, 9.17) is 0 Å². The second-order valence-corrected chi connectivity index (χ2v) is 6.88. The van der Waals surface area contributed by atoms with Gasteiger partial charge in [0.05, 0.1) is 16.9 Å². The number of halogens is 3. The molecule has 2 aromatic heterocycles. The molecule has 0 aromatic carbocycles. The van der Waals surface area contributed by atoms with Crippen LogP contribution in [0.15, 0.2) is 21.9 Å². The van der Waals surface area contributed by atoms with Crippen LogP contribution in [-0.2, 0) is 14.1 Å². The van der Waals surface area contributed by atoms with E-state index >= 15 is 0 Å². The third-order valence-corrected chi connectivity index (χ3v) is 5.03. The Labute approximate surface area is 151 Å². The number of pyridine rings is 1. The lowest BCUT2D eigenvalue weighted by Gasteiger charge is -2.31. The van der Waals surface area contributed by atoms with Crippen molar-refractivity contribution in [3.63, 3.8) is 0 Å². The van der Waals surface area contributed by atoms with Crippen molar-refractivity contribution in [2.75, 3.05) is 0 Å². The first-order valence-electron chi connectivity index (χ1n) is 8.53. The fourth-order valence-electron chi connectivity index (χ4n) is 3.48. The minimum atomic E-state index is -4.27. The molecule has 0 radical (unpaired) electrons. The topological polar surface area (TPSA) is 86.0 Å². The third-order valence-electron chi connectivity index (χ3n) is 5.03. The van der Waals surface area contributed by atoms with Crippen LogP contribution in [0.5, 0.6) is 0 Å². The molecule has 1 fully saturated rings. The van der Waals surface area contributed by atoms with Crippen LogP contribution >= 0.6 is 0 Å². The zero-order chi connectivity index (χ0) is 19.9. The highest BCUT2D eigenvalue weighted by Gasteiger charge is 2.42. The van der Waals surface area contributed by atoms with Gasteiger partial charge < -0.3 is 5.32 Å². The van der Waals surface area contributed by atoms with Crippen molar-refractivity contribution >= 4 is 16.9 Å². The first kappa shape index (κ1) is 19.1. The molecule has 7 nitrogen and oxygen atoms in total. The lowest BCUT2D eigenvalue weighted by atomic mass is 9.85. The molecule has 0 bridgehead atoms. The number of aryl methyl sites for hydroxylation is 1. The molecule has 0 saturated heterocycles. The molecule has 1 saturated carbocycles. The molecule has 1 aliphatic carbocycles. The van der Waals surface area contributed by atoms with E-state index in [1.165, 1.54) is 30.9 Å². The molecule has 0 spiro atoms. The van der Waals surface area contributed by atoms with E-state index in [9.17, 15) is 27.6 Å². The summed E-state index contributed by atoms with van der Waals surface area (Å²) in [7, 11) is 2.77. The Bertz CT molecular complexity index is 1010. The van der Waals surface area contributed by atoms with Crippen LogP contribution in [0.3, 0.4) is 0 Å². The van der Waals surface area contributed by atoms with Crippen molar-refractivity contribution in [2.24, 2.45) is 20.0 Å². The Morgan fingerprint density at radius 3 is 2.59 bits per heavy atom. The molecule has 1 N–H and O–H groups in total. The Morgan fingerprint density at radius 2 is 1.93 bits per heavy atom. The van der Waals surface area contributed by atoms with Crippen molar-refractivity contribution in [1.82, 2.24) is 19.4 Å². The quantitative estimate of drug-likeness (QED) is 0.850. The smallest absolute Gasteiger partial charge is 0.349 e. The van der Waals surface area contributed by atoms with Gasteiger partial charge in [0.25, 0.3) is 11.5 Å². The second-order valence-electron chi connectivity index (χ2n) is 6.88. The first-order valence-corrected chi connectivity index (χ1v) is 8.53. The van der Waals surface area contributed by atoms with E-state index in [0.29, 0.717) is 12.8 Å². The zero-order valence-electron chi connectivity index (χ0n) is 14.8. The number of amides is 1. The summed E-state index contributed by atoms with van der Waals surface area (Å²) in [5.74, 6) is -2.01. The fraction of sp³-hybridized carbons (Fsp3) is 0.529. The molecule has 146 valence electrons. The van der Waals surface area contributed by atoms with Gasteiger partial charge in [-0.25, -0.2) is 9.78 Å². The number of alkyl halides is 3. The number of hydrogen-bond acceptors (Lipinski definition) is 4. The van der Waals surface area contributed by atoms with Crippen molar-refractivity contribution in [2.45, 2.75) is 37.9 Å². The molecule has 2 aromatic rings. The molecular weight excluding hydrogens is 365 g/mol. The number of aromatic nitrogens is 3. The van der Waals surface area contributed by atoms with Crippen molar-refractivity contribution in [1.29, 1.82) is 0 Å². The minimum Gasteiger partial charge on any atom is -0.349 e. The van der Waals surface area contributed by atoms with Gasteiger partial charge in [0, 0.05) is 26.3 Å². The molecule has 0 unspecified atom stereocenters. The summed E-state index contributed by atoms with van der Waals surface area (Å²) in [5, 5.41) is 2.69. The van der Waals surface area contributed by atoms with Gasteiger partial charge in [0.2, 0.25) is 0 Å². The first-order chi connectivity index (χ1) is 12.6. The van der Waals surface area contributed by atoms with Crippen LogP contribution in [-0.4, -0.2) is 32.2 Å². The number of nitrogens with zero attached hydrogens (tertiary/aromatic N) is 3. The fourth-order valence-corrected chi connectivity index (χ4v) is 3.48. The highest BCUT2D eigenvalue weighted by atomic mass is 19.4. The summed E-state index contributed by atoms with van der Waals surface area (Å²) in [6.07, 6.45) is -2.31. The van der Waals surface area contributed by atoms with Gasteiger partial charge in [-0.05, 0) is 25.3 Å². The van der Waals surface area contributed by atoms with Crippen molar-refractivity contribution in [3.8, 4) is 0 Å². The molecule has 3 rings (SSSR count). The summed E-state index contributed by atoms with van der Waals surface area (Å²) in [6.45, 7) is 0. The van der Waals surface area contributed by atoms with Crippen LogP contribution in [0.1, 0.15) is 36.0 Å². The van der Waals surface area contributed by atoms with E-state index in [2.05, 4.69) is 10.3 Å². The van der Waals surface area contributed by atoms with Gasteiger partial charge in [-0.2, -0.15) is 13.2 Å². The SMILES string of the molecule is Cn1c(=O)c2cc(C(=O)N[C@@H]3CCC[C@@H](C(F)(F)F)C3)cnc2n(C)c1=O. The largest absolute Gasteiger partial charge is 0.391 e. The Kier molecular flexibility index (Phi) is 4.83. The second kappa shape index (κ2) is 6.82. The van der Waals surface area contributed by atoms with Gasteiger partial charge >= 0.3 is 11.9 Å². The maximum atomic E-state index is 12.9. The summed E-state index contributed by atoms with van der Waals surface area (Å²) < 4.78 is 40.8. The summed E-state index contributed by atoms with van der Waals surface area (Å²) in [4.78, 5) is 40.7. The Hall–Kier alpha value is -2.65. The Balaban J connectivity index is 1.86. The van der Waals surface area contributed by atoms with Crippen LogP contribution in [0, 0.1) is 5.92 Å². The van der Waals surface area contributed by atoms with Crippen molar-refractivity contribution < 1.29 is 18.0 Å². The average Bonchev–Trinajstić information content (AvgIpc) is 2.63. The molecule has 1 amide bonds. The number of hydrogen-bond donors (Lipinski definition) is 1. The van der Waals surface area contributed by atoms with E-state index < -0.39 is 35.3 Å². The maximum Gasteiger partial charge on any atom is 0.391 e. The Morgan fingerprint density at radius 1 is 1.22 bits per heavy atom. The van der Waals surface area contributed by atoms with Gasteiger partial charge in [-0.3, -0.25) is 18.7 Å². The maximum absolute atomic E-state index is 12.9. The predicted octanol–water partition coefficient (Wildman–Crippen LogP) is 1.48. The highest BCUT2D eigenvalue weighted by Crippen LogP contribution is 2.37. The predicted molar refractivity (Wildman–Crippen MR) is 91.5 cm³/mol. The van der Waals surface area contributed by atoms with Crippen LogP contribution in [0.4, 0.5) is 13.2 Å². The molecule has 27 heavy (non-hydrogen) atoms. The van der Waals surface area contributed by atoms with Crippen molar-refractivity contribution in [3.05, 3.63) is 38.7 Å². The lowest BCUT2D eigenvalue weighted by Crippen LogP contribution is -2.41.